The van der Waals surface area contributed by atoms with E-state index in [1.807, 2.05) is 18.2 Å². The molecule has 3 nitrogen and oxygen atoms in total. The summed E-state index contributed by atoms with van der Waals surface area (Å²) in [5.74, 6) is 0.138. The maximum atomic E-state index is 13.9. The highest BCUT2D eigenvalue weighted by Gasteiger charge is 2.26. The Hall–Kier alpha value is -1.15. The van der Waals surface area contributed by atoms with E-state index in [1.165, 1.54) is 6.07 Å². The quantitative estimate of drug-likeness (QED) is 0.629. The van der Waals surface area contributed by atoms with Gasteiger partial charge in [-0.2, -0.15) is 0 Å². The summed E-state index contributed by atoms with van der Waals surface area (Å²) in [4.78, 5) is 13.7. The first-order chi connectivity index (χ1) is 10.0. The van der Waals surface area contributed by atoms with Crippen LogP contribution >= 0.6 is 38.5 Å². The molecule has 0 atom stereocenters. The van der Waals surface area contributed by atoms with Crippen molar-refractivity contribution in [2.75, 3.05) is 11.5 Å². The molecular formula is C15H10BrFINO2. The summed E-state index contributed by atoms with van der Waals surface area (Å²) in [5, 5.41) is 0. The van der Waals surface area contributed by atoms with Gasteiger partial charge in [-0.15, -0.1) is 0 Å². The summed E-state index contributed by atoms with van der Waals surface area (Å²) in [6, 6.07) is 10.3. The molecule has 1 amide bonds. The largest absolute Gasteiger partial charge is 0.482 e. The van der Waals surface area contributed by atoms with Gasteiger partial charge in [-0.05, 0) is 59.0 Å². The third-order valence-corrected chi connectivity index (χ3v) is 4.36. The molecule has 0 fully saturated rings. The van der Waals surface area contributed by atoms with Crippen LogP contribution in [-0.4, -0.2) is 12.5 Å². The van der Waals surface area contributed by atoms with Crippen molar-refractivity contribution in [1.29, 1.82) is 0 Å². The van der Waals surface area contributed by atoms with Crippen LogP contribution in [0, 0.1) is 9.39 Å². The number of benzene rings is 2. The average Bonchev–Trinajstić information content (AvgIpc) is 2.46. The van der Waals surface area contributed by atoms with Crippen LogP contribution in [0.5, 0.6) is 5.75 Å². The zero-order chi connectivity index (χ0) is 15.0. The van der Waals surface area contributed by atoms with E-state index in [4.69, 9.17) is 4.74 Å². The van der Waals surface area contributed by atoms with Crippen LogP contribution in [0.1, 0.15) is 5.56 Å². The van der Waals surface area contributed by atoms with Crippen LogP contribution < -0.4 is 9.64 Å². The summed E-state index contributed by atoms with van der Waals surface area (Å²) in [5.41, 5.74) is 1.14. The Balaban J connectivity index is 2.00. The van der Waals surface area contributed by atoms with Crippen LogP contribution in [0.25, 0.3) is 0 Å². The van der Waals surface area contributed by atoms with Gasteiger partial charge in [0.05, 0.1) is 12.2 Å². The van der Waals surface area contributed by atoms with Crippen molar-refractivity contribution in [3.63, 3.8) is 0 Å². The van der Waals surface area contributed by atoms with E-state index in [9.17, 15) is 9.18 Å². The molecule has 2 aromatic rings. The van der Waals surface area contributed by atoms with E-state index in [1.54, 1.807) is 17.0 Å². The van der Waals surface area contributed by atoms with Crippen molar-refractivity contribution in [2.24, 2.45) is 0 Å². The number of carbonyl (C=O) groups is 1. The molecule has 0 bridgehead atoms. The van der Waals surface area contributed by atoms with E-state index in [2.05, 4.69) is 38.5 Å². The highest BCUT2D eigenvalue weighted by Crippen LogP contribution is 2.34. The van der Waals surface area contributed by atoms with Gasteiger partial charge >= 0.3 is 0 Å². The second-order valence-corrected chi connectivity index (χ2v) is 6.78. The third-order valence-electron chi connectivity index (χ3n) is 3.20. The molecule has 2 aromatic carbocycles. The minimum Gasteiger partial charge on any atom is -0.482 e. The highest BCUT2D eigenvalue weighted by molar-refractivity contribution is 14.1. The number of anilines is 1. The van der Waals surface area contributed by atoms with E-state index in [0.717, 1.165) is 8.04 Å². The van der Waals surface area contributed by atoms with Crippen molar-refractivity contribution < 1.29 is 13.9 Å². The fourth-order valence-corrected chi connectivity index (χ4v) is 3.07. The molecule has 3 rings (SSSR count). The van der Waals surface area contributed by atoms with Crippen molar-refractivity contribution in [3.8, 4) is 5.75 Å². The topological polar surface area (TPSA) is 29.5 Å². The molecule has 21 heavy (non-hydrogen) atoms. The third kappa shape index (κ3) is 3.06. The summed E-state index contributed by atoms with van der Waals surface area (Å²) in [7, 11) is 0. The second kappa shape index (κ2) is 5.92. The van der Waals surface area contributed by atoms with Gasteiger partial charge in [0.1, 0.15) is 11.6 Å². The normalized spacial score (nSPS) is 13.9. The fraction of sp³-hybridized carbons (Fsp3) is 0.133. The fourth-order valence-electron chi connectivity index (χ4n) is 2.18. The Morgan fingerprint density at radius 2 is 2.10 bits per heavy atom. The molecule has 0 radical (unpaired) electrons. The summed E-state index contributed by atoms with van der Waals surface area (Å²) < 4.78 is 21.1. The standard InChI is InChI=1S/C15H10BrFINO2/c16-10-1-3-12(17)9(5-10)7-19-13-6-11(18)2-4-14(13)21-8-15(19)20/h1-6H,7-8H2. The lowest BCUT2D eigenvalue weighted by Crippen LogP contribution is -2.38. The Kier molecular flexibility index (Phi) is 4.17. The van der Waals surface area contributed by atoms with Crippen molar-refractivity contribution in [2.45, 2.75) is 6.54 Å². The van der Waals surface area contributed by atoms with Crippen LogP contribution in [0.15, 0.2) is 40.9 Å². The molecular weight excluding hydrogens is 452 g/mol. The molecule has 0 unspecified atom stereocenters. The van der Waals surface area contributed by atoms with Crippen LogP contribution in [0.3, 0.4) is 0 Å². The summed E-state index contributed by atoms with van der Waals surface area (Å²) in [6.45, 7) is 0.157. The molecule has 6 heteroatoms. The molecule has 0 saturated carbocycles. The molecule has 0 aliphatic carbocycles. The van der Waals surface area contributed by atoms with Crippen molar-refractivity contribution in [1.82, 2.24) is 0 Å². The Bertz CT molecular complexity index is 723. The summed E-state index contributed by atoms with van der Waals surface area (Å²) in [6.07, 6.45) is 0. The Morgan fingerprint density at radius 3 is 2.90 bits per heavy atom. The number of ether oxygens (including phenoxy) is 1. The smallest absolute Gasteiger partial charge is 0.265 e. The minimum atomic E-state index is -0.329. The maximum Gasteiger partial charge on any atom is 0.265 e. The van der Waals surface area contributed by atoms with Crippen molar-refractivity contribution in [3.05, 3.63) is 55.8 Å². The number of nitrogens with zero attached hydrogens (tertiary/aromatic N) is 1. The lowest BCUT2D eigenvalue weighted by Gasteiger charge is -2.29. The number of hydrogen-bond donors (Lipinski definition) is 0. The van der Waals surface area contributed by atoms with E-state index >= 15 is 0 Å². The SMILES string of the molecule is O=C1COc2ccc(I)cc2N1Cc1cc(Br)ccc1F. The van der Waals surface area contributed by atoms with E-state index in [0.29, 0.717) is 17.0 Å². The van der Waals surface area contributed by atoms with Crippen molar-refractivity contribution >= 4 is 50.1 Å². The lowest BCUT2D eigenvalue weighted by molar-refractivity contribution is -0.121. The second-order valence-electron chi connectivity index (χ2n) is 4.62. The minimum absolute atomic E-state index is 0.0246. The average molecular weight is 462 g/mol. The highest BCUT2D eigenvalue weighted by atomic mass is 127. The van der Waals surface area contributed by atoms with Gasteiger partial charge in [-0.25, -0.2) is 4.39 Å². The predicted molar refractivity (Wildman–Crippen MR) is 89.9 cm³/mol. The van der Waals surface area contributed by atoms with Gasteiger partial charge in [0.15, 0.2) is 6.61 Å². The predicted octanol–water partition coefficient (Wildman–Crippen LogP) is 4.12. The first kappa shape index (κ1) is 14.8. The number of carbonyl (C=O) groups excluding carboxylic acids is 1. The van der Waals surface area contributed by atoms with Crippen LogP contribution in [0.2, 0.25) is 0 Å². The van der Waals surface area contributed by atoms with Gasteiger partial charge in [0.2, 0.25) is 0 Å². The van der Waals surface area contributed by atoms with E-state index in [-0.39, 0.29) is 24.9 Å². The van der Waals surface area contributed by atoms with Gasteiger partial charge in [-0.3, -0.25) is 4.79 Å². The van der Waals surface area contributed by atoms with Gasteiger partial charge in [0, 0.05) is 13.6 Å². The van der Waals surface area contributed by atoms with E-state index < -0.39 is 0 Å². The molecule has 0 spiro atoms. The molecule has 1 aliphatic rings. The molecule has 1 aliphatic heterocycles. The van der Waals surface area contributed by atoms with Crippen LogP contribution in [-0.2, 0) is 11.3 Å². The number of rotatable bonds is 2. The molecule has 0 saturated heterocycles. The number of halogens is 3. The number of hydrogen-bond acceptors (Lipinski definition) is 2. The maximum absolute atomic E-state index is 13.9. The molecule has 0 N–H and O–H groups in total. The summed E-state index contributed by atoms with van der Waals surface area (Å²) >= 11 is 5.49. The monoisotopic (exact) mass is 461 g/mol. The van der Waals surface area contributed by atoms with Gasteiger partial charge < -0.3 is 9.64 Å². The van der Waals surface area contributed by atoms with Crippen LogP contribution in [0.4, 0.5) is 10.1 Å². The van der Waals surface area contributed by atoms with Gasteiger partial charge in [0.25, 0.3) is 5.91 Å². The zero-order valence-corrected chi connectivity index (χ0v) is 14.5. The number of fused-ring (bicyclic) bond motifs is 1. The Labute approximate surface area is 143 Å². The molecule has 108 valence electrons. The lowest BCUT2D eigenvalue weighted by atomic mass is 10.1. The molecule has 0 aromatic heterocycles. The first-order valence-electron chi connectivity index (χ1n) is 6.21. The zero-order valence-electron chi connectivity index (χ0n) is 10.8. The number of amides is 1. The Morgan fingerprint density at radius 1 is 1.29 bits per heavy atom. The molecule has 1 heterocycles. The van der Waals surface area contributed by atoms with Gasteiger partial charge in [-0.1, -0.05) is 15.9 Å². The first-order valence-corrected chi connectivity index (χ1v) is 8.08.